The van der Waals surface area contributed by atoms with Crippen molar-refractivity contribution < 1.29 is 4.79 Å². The van der Waals surface area contributed by atoms with E-state index in [-0.39, 0.29) is 18.0 Å². The molecule has 1 aromatic rings. The number of benzene rings is 1. The van der Waals surface area contributed by atoms with Gasteiger partial charge in [0.1, 0.15) is 0 Å². The highest BCUT2D eigenvalue weighted by Crippen LogP contribution is 2.11. The summed E-state index contributed by atoms with van der Waals surface area (Å²) in [6.45, 7) is 6.70. The molecule has 0 spiro atoms. The molecule has 0 radical (unpaired) electrons. The Balaban J connectivity index is 2.48. The van der Waals surface area contributed by atoms with E-state index in [1.165, 1.54) is 5.56 Å². The first kappa shape index (κ1) is 16.0. The van der Waals surface area contributed by atoms with Gasteiger partial charge in [-0.15, -0.1) is 0 Å². The molecule has 1 aromatic carbocycles. The maximum atomic E-state index is 12.0. The maximum absolute atomic E-state index is 12.0. The standard InChI is InChI=1S/C15H23ClN2O/c1-5-18(4)15(19)12(3)17-11(2)10-13-6-8-14(16)9-7-13/h6-9,11-12,17H,5,10H2,1-4H3. The van der Waals surface area contributed by atoms with Crippen LogP contribution < -0.4 is 5.32 Å². The molecular weight excluding hydrogens is 260 g/mol. The van der Waals surface area contributed by atoms with E-state index in [9.17, 15) is 4.79 Å². The number of nitrogens with one attached hydrogen (secondary N) is 1. The highest BCUT2D eigenvalue weighted by atomic mass is 35.5. The predicted molar refractivity (Wildman–Crippen MR) is 80.5 cm³/mol. The van der Waals surface area contributed by atoms with E-state index in [2.05, 4.69) is 12.2 Å². The average Bonchev–Trinajstić information content (AvgIpc) is 2.39. The number of carbonyl (C=O) groups is 1. The molecule has 1 N–H and O–H groups in total. The van der Waals surface area contributed by atoms with Crippen LogP contribution in [-0.2, 0) is 11.2 Å². The summed E-state index contributed by atoms with van der Waals surface area (Å²) in [4.78, 5) is 13.7. The molecule has 0 aliphatic rings. The van der Waals surface area contributed by atoms with Crippen molar-refractivity contribution in [3.63, 3.8) is 0 Å². The van der Waals surface area contributed by atoms with Crippen LogP contribution in [0.3, 0.4) is 0 Å². The van der Waals surface area contributed by atoms with Crippen molar-refractivity contribution in [2.45, 2.75) is 39.3 Å². The molecule has 4 heteroatoms. The van der Waals surface area contributed by atoms with E-state index in [0.717, 1.165) is 18.0 Å². The summed E-state index contributed by atoms with van der Waals surface area (Å²) in [6, 6.07) is 7.90. The zero-order valence-corrected chi connectivity index (χ0v) is 12.9. The Morgan fingerprint density at radius 2 is 1.89 bits per heavy atom. The highest BCUT2D eigenvalue weighted by Gasteiger charge is 2.18. The van der Waals surface area contributed by atoms with Gasteiger partial charge in [0.05, 0.1) is 6.04 Å². The Kier molecular flexibility index (Phi) is 6.32. The minimum absolute atomic E-state index is 0.130. The third kappa shape index (κ3) is 5.21. The number of carbonyl (C=O) groups excluding carboxylic acids is 1. The summed E-state index contributed by atoms with van der Waals surface area (Å²) in [5, 5.41) is 4.08. The van der Waals surface area contributed by atoms with Crippen molar-refractivity contribution in [3.8, 4) is 0 Å². The zero-order chi connectivity index (χ0) is 14.4. The van der Waals surface area contributed by atoms with E-state index >= 15 is 0 Å². The van der Waals surface area contributed by atoms with Crippen LogP contribution in [0.2, 0.25) is 5.02 Å². The Morgan fingerprint density at radius 1 is 1.32 bits per heavy atom. The first-order chi connectivity index (χ1) is 8.93. The second-order valence-electron chi connectivity index (χ2n) is 4.97. The van der Waals surface area contributed by atoms with E-state index in [0.29, 0.717) is 0 Å². The summed E-state index contributed by atoms with van der Waals surface area (Å²) in [5.41, 5.74) is 1.22. The van der Waals surface area contributed by atoms with Gasteiger partial charge < -0.3 is 10.2 Å². The topological polar surface area (TPSA) is 32.3 Å². The van der Waals surface area contributed by atoms with Crippen molar-refractivity contribution in [2.75, 3.05) is 13.6 Å². The quantitative estimate of drug-likeness (QED) is 0.870. The normalized spacial score (nSPS) is 13.9. The molecule has 0 aliphatic heterocycles. The Bertz CT molecular complexity index is 405. The van der Waals surface area contributed by atoms with Crippen LogP contribution in [0.15, 0.2) is 24.3 Å². The van der Waals surface area contributed by atoms with Gasteiger partial charge in [-0.1, -0.05) is 23.7 Å². The zero-order valence-electron chi connectivity index (χ0n) is 12.1. The van der Waals surface area contributed by atoms with Gasteiger partial charge in [-0.2, -0.15) is 0 Å². The Labute approximate surface area is 120 Å². The van der Waals surface area contributed by atoms with Crippen molar-refractivity contribution in [2.24, 2.45) is 0 Å². The van der Waals surface area contributed by atoms with E-state index in [1.807, 2.05) is 45.2 Å². The molecule has 19 heavy (non-hydrogen) atoms. The summed E-state index contributed by atoms with van der Waals surface area (Å²) >= 11 is 5.86. The van der Waals surface area contributed by atoms with Gasteiger partial charge in [-0.05, 0) is 44.9 Å². The minimum atomic E-state index is -0.160. The molecule has 0 aromatic heterocycles. The van der Waals surface area contributed by atoms with Crippen LogP contribution in [0, 0.1) is 0 Å². The van der Waals surface area contributed by atoms with Crippen molar-refractivity contribution in [1.29, 1.82) is 0 Å². The molecule has 3 nitrogen and oxygen atoms in total. The molecule has 0 fully saturated rings. The molecule has 1 amide bonds. The van der Waals surface area contributed by atoms with Gasteiger partial charge in [-0.3, -0.25) is 4.79 Å². The number of hydrogen-bond acceptors (Lipinski definition) is 2. The fourth-order valence-electron chi connectivity index (χ4n) is 2.02. The fraction of sp³-hybridized carbons (Fsp3) is 0.533. The molecule has 106 valence electrons. The summed E-state index contributed by atoms with van der Waals surface area (Å²) < 4.78 is 0. The molecule has 0 heterocycles. The Hall–Kier alpha value is -1.06. The van der Waals surface area contributed by atoms with Crippen molar-refractivity contribution >= 4 is 17.5 Å². The lowest BCUT2D eigenvalue weighted by atomic mass is 10.1. The van der Waals surface area contributed by atoms with E-state index in [4.69, 9.17) is 11.6 Å². The number of likely N-dealkylation sites (N-methyl/N-ethyl adjacent to an activating group) is 1. The summed E-state index contributed by atoms with van der Waals surface area (Å²) in [5.74, 6) is 0.130. The van der Waals surface area contributed by atoms with Crippen LogP contribution in [0.5, 0.6) is 0 Å². The first-order valence-corrected chi connectivity index (χ1v) is 7.07. The SMILES string of the molecule is CCN(C)C(=O)C(C)NC(C)Cc1ccc(Cl)cc1. The average molecular weight is 283 g/mol. The van der Waals surface area contributed by atoms with Crippen LogP contribution in [0.4, 0.5) is 0 Å². The maximum Gasteiger partial charge on any atom is 0.239 e. The van der Waals surface area contributed by atoms with E-state index in [1.54, 1.807) is 4.90 Å². The van der Waals surface area contributed by atoms with Gasteiger partial charge in [0.15, 0.2) is 0 Å². The second kappa shape index (κ2) is 7.51. The molecule has 2 unspecified atom stereocenters. The molecule has 0 saturated heterocycles. The number of nitrogens with zero attached hydrogens (tertiary/aromatic N) is 1. The molecule has 0 saturated carbocycles. The monoisotopic (exact) mass is 282 g/mol. The van der Waals surface area contributed by atoms with Gasteiger partial charge in [0.25, 0.3) is 0 Å². The van der Waals surface area contributed by atoms with Crippen molar-refractivity contribution in [1.82, 2.24) is 10.2 Å². The lowest BCUT2D eigenvalue weighted by Gasteiger charge is -2.24. The second-order valence-corrected chi connectivity index (χ2v) is 5.41. The van der Waals surface area contributed by atoms with Crippen molar-refractivity contribution in [3.05, 3.63) is 34.9 Å². The lowest BCUT2D eigenvalue weighted by molar-refractivity contribution is -0.131. The molecule has 1 rings (SSSR count). The predicted octanol–water partition coefficient (Wildman–Crippen LogP) is 2.73. The smallest absolute Gasteiger partial charge is 0.239 e. The lowest BCUT2D eigenvalue weighted by Crippen LogP contribution is -2.46. The van der Waals surface area contributed by atoms with Gasteiger partial charge >= 0.3 is 0 Å². The van der Waals surface area contributed by atoms with Crippen LogP contribution in [0.25, 0.3) is 0 Å². The largest absolute Gasteiger partial charge is 0.345 e. The van der Waals surface area contributed by atoms with E-state index < -0.39 is 0 Å². The molecule has 0 bridgehead atoms. The van der Waals surface area contributed by atoms with Gasteiger partial charge in [-0.25, -0.2) is 0 Å². The third-order valence-electron chi connectivity index (χ3n) is 3.21. The Morgan fingerprint density at radius 3 is 2.42 bits per heavy atom. The highest BCUT2D eigenvalue weighted by molar-refractivity contribution is 6.30. The molecule has 0 aliphatic carbocycles. The number of halogens is 1. The molecular formula is C15H23ClN2O. The number of amides is 1. The van der Waals surface area contributed by atoms with Crippen LogP contribution in [-0.4, -0.2) is 36.5 Å². The molecule has 2 atom stereocenters. The summed E-state index contributed by atoms with van der Waals surface area (Å²) in [7, 11) is 1.82. The number of hydrogen-bond donors (Lipinski definition) is 1. The van der Waals surface area contributed by atoms with Gasteiger partial charge in [0.2, 0.25) is 5.91 Å². The third-order valence-corrected chi connectivity index (χ3v) is 3.46. The van der Waals surface area contributed by atoms with Gasteiger partial charge in [0, 0.05) is 24.7 Å². The summed E-state index contributed by atoms with van der Waals surface area (Å²) in [6.07, 6.45) is 0.880. The number of rotatable bonds is 6. The van der Waals surface area contributed by atoms with Crippen LogP contribution >= 0.6 is 11.6 Å². The van der Waals surface area contributed by atoms with Crippen LogP contribution in [0.1, 0.15) is 26.3 Å². The fourth-order valence-corrected chi connectivity index (χ4v) is 2.14. The first-order valence-electron chi connectivity index (χ1n) is 6.69. The minimum Gasteiger partial charge on any atom is -0.345 e.